The van der Waals surface area contributed by atoms with Crippen LogP contribution in [0.5, 0.6) is 0 Å². The Morgan fingerprint density at radius 1 is 1.16 bits per heavy atom. The summed E-state index contributed by atoms with van der Waals surface area (Å²) in [6, 6.07) is 3.59. The van der Waals surface area contributed by atoms with Crippen molar-refractivity contribution in [1.29, 1.82) is 0 Å². The first kappa shape index (κ1) is 13.9. The zero-order valence-corrected chi connectivity index (χ0v) is 11.0. The van der Waals surface area contributed by atoms with Gasteiger partial charge in [-0.3, -0.25) is 14.9 Å². The minimum absolute atomic E-state index is 0.182. The molecular weight excluding hydrogens is 329 g/mol. The number of carbonyl (C=O) groups is 2. The van der Waals surface area contributed by atoms with Crippen molar-refractivity contribution < 1.29 is 22.8 Å². The number of piperazine rings is 1. The van der Waals surface area contributed by atoms with Gasteiger partial charge in [-0.1, -0.05) is 15.9 Å². The Morgan fingerprint density at radius 3 is 2.26 bits per heavy atom. The van der Waals surface area contributed by atoms with E-state index < -0.39 is 23.6 Å². The van der Waals surface area contributed by atoms with Gasteiger partial charge in [0.1, 0.15) is 0 Å². The highest BCUT2D eigenvalue weighted by Gasteiger charge is 2.36. The molecule has 0 aliphatic carbocycles. The Kier molecular flexibility index (Phi) is 3.53. The number of nitrogens with zero attached hydrogens (tertiary/aromatic N) is 1. The number of anilines is 1. The quantitative estimate of drug-likeness (QED) is 0.797. The first-order valence-corrected chi connectivity index (χ1v) is 6.01. The predicted octanol–water partition coefficient (Wildman–Crippen LogP) is 1.93. The molecule has 19 heavy (non-hydrogen) atoms. The van der Waals surface area contributed by atoms with Crippen LogP contribution in [0.25, 0.3) is 0 Å². The van der Waals surface area contributed by atoms with E-state index >= 15 is 0 Å². The number of alkyl halides is 3. The first-order chi connectivity index (χ1) is 8.77. The van der Waals surface area contributed by atoms with Crippen LogP contribution in [0.4, 0.5) is 18.9 Å². The molecule has 1 N–H and O–H groups in total. The summed E-state index contributed by atoms with van der Waals surface area (Å²) in [5.74, 6) is -1.24. The number of hydrogen-bond acceptors (Lipinski definition) is 3. The van der Waals surface area contributed by atoms with E-state index in [-0.39, 0.29) is 23.2 Å². The second-order valence-corrected chi connectivity index (χ2v) is 4.90. The summed E-state index contributed by atoms with van der Waals surface area (Å²) >= 11 is 2.97. The van der Waals surface area contributed by atoms with Gasteiger partial charge in [0, 0.05) is 10.2 Å². The second kappa shape index (κ2) is 4.84. The fourth-order valence-electron chi connectivity index (χ4n) is 1.82. The minimum Gasteiger partial charge on any atom is -0.352 e. The Bertz CT molecular complexity index is 529. The van der Waals surface area contributed by atoms with Gasteiger partial charge in [-0.2, -0.15) is 13.2 Å². The van der Waals surface area contributed by atoms with Crippen LogP contribution in [0.1, 0.15) is 5.56 Å². The molecule has 1 saturated heterocycles. The van der Waals surface area contributed by atoms with Gasteiger partial charge >= 0.3 is 6.18 Å². The Hall–Kier alpha value is -1.57. The van der Waals surface area contributed by atoms with E-state index in [9.17, 15) is 22.8 Å². The van der Waals surface area contributed by atoms with E-state index in [0.29, 0.717) is 0 Å². The van der Waals surface area contributed by atoms with Crippen LogP contribution in [-0.2, 0) is 15.8 Å². The van der Waals surface area contributed by atoms with Crippen LogP contribution in [0.3, 0.4) is 0 Å². The highest BCUT2D eigenvalue weighted by molar-refractivity contribution is 9.10. The molecule has 0 spiro atoms. The van der Waals surface area contributed by atoms with Crippen LogP contribution >= 0.6 is 15.9 Å². The summed E-state index contributed by atoms with van der Waals surface area (Å²) in [6.07, 6.45) is -4.56. The fraction of sp³-hybridized carbons (Fsp3) is 0.273. The van der Waals surface area contributed by atoms with Crippen molar-refractivity contribution in [3.63, 3.8) is 0 Å². The molecule has 0 radical (unpaired) electrons. The molecule has 1 aromatic carbocycles. The number of halogens is 4. The number of nitrogens with one attached hydrogen (secondary N) is 1. The maximum atomic E-state index is 12.9. The van der Waals surface area contributed by atoms with E-state index in [2.05, 4.69) is 15.9 Å². The van der Waals surface area contributed by atoms with E-state index in [1.54, 1.807) is 0 Å². The third-order valence-electron chi connectivity index (χ3n) is 2.55. The summed E-state index contributed by atoms with van der Waals surface area (Å²) in [6.45, 7) is -0.563. The average Bonchev–Trinajstić information content (AvgIpc) is 2.26. The molecule has 4 nitrogen and oxygen atoms in total. The van der Waals surface area contributed by atoms with Gasteiger partial charge in [0.05, 0.1) is 18.7 Å². The summed E-state index contributed by atoms with van der Waals surface area (Å²) < 4.78 is 39.1. The highest BCUT2D eigenvalue weighted by Crippen LogP contribution is 2.38. The lowest BCUT2D eigenvalue weighted by atomic mass is 10.1. The van der Waals surface area contributed by atoms with Gasteiger partial charge in [0.15, 0.2) is 0 Å². The van der Waals surface area contributed by atoms with E-state index in [1.807, 2.05) is 5.32 Å². The summed E-state index contributed by atoms with van der Waals surface area (Å²) in [7, 11) is 0. The van der Waals surface area contributed by atoms with Gasteiger partial charge in [-0.15, -0.1) is 0 Å². The number of rotatable bonds is 1. The molecule has 8 heteroatoms. The minimum atomic E-state index is -4.56. The zero-order chi connectivity index (χ0) is 14.2. The van der Waals surface area contributed by atoms with Crippen molar-refractivity contribution in [3.05, 3.63) is 28.2 Å². The van der Waals surface area contributed by atoms with Crippen LogP contribution < -0.4 is 10.2 Å². The van der Waals surface area contributed by atoms with E-state index in [4.69, 9.17) is 0 Å². The number of amides is 2. The van der Waals surface area contributed by atoms with Gasteiger partial charge in [-0.05, 0) is 18.2 Å². The lowest BCUT2D eigenvalue weighted by Crippen LogP contribution is -2.51. The van der Waals surface area contributed by atoms with Crippen LogP contribution in [-0.4, -0.2) is 24.9 Å². The summed E-state index contributed by atoms with van der Waals surface area (Å²) in [5, 5.41) is 2.04. The molecule has 1 fully saturated rings. The molecule has 1 aromatic rings. The van der Waals surface area contributed by atoms with Crippen molar-refractivity contribution in [2.45, 2.75) is 6.18 Å². The molecule has 0 unspecified atom stereocenters. The van der Waals surface area contributed by atoms with E-state index in [0.717, 1.165) is 11.0 Å². The number of benzene rings is 1. The van der Waals surface area contributed by atoms with Gasteiger partial charge in [0.25, 0.3) is 0 Å². The van der Waals surface area contributed by atoms with Gasteiger partial charge < -0.3 is 4.90 Å². The largest absolute Gasteiger partial charge is 0.418 e. The van der Waals surface area contributed by atoms with Crippen molar-refractivity contribution in [2.75, 3.05) is 18.0 Å². The third kappa shape index (κ3) is 3.06. The molecule has 102 valence electrons. The summed E-state index contributed by atoms with van der Waals surface area (Å²) in [5.41, 5.74) is -1.07. The molecule has 0 bridgehead atoms. The monoisotopic (exact) mass is 336 g/mol. The molecule has 1 aliphatic rings. The lowest BCUT2D eigenvalue weighted by Gasteiger charge is -2.29. The summed E-state index contributed by atoms with van der Waals surface area (Å²) in [4.78, 5) is 23.5. The molecule has 0 atom stereocenters. The molecule has 0 saturated carbocycles. The number of imide groups is 1. The third-order valence-corrected chi connectivity index (χ3v) is 3.05. The van der Waals surface area contributed by atoms with Crippen LogP contribution in [0, 0.1) is 0 Å². The first-order valence-electron chi connectivity index (χ1n) is 5.22. The standard InChI is InChI=1S/C11H8BrF3N2O2/c12-6-1-2-8(7(3-6)11(13,14)15)17-4-9(18)16-10(19)5-17/h1-3H,4-5H2,(H,16,18,19). The molecule has 2 amide bonds. The van der Waals surface area contributed by atoms with Crippen LogP contribution in [0.2, 0.25) is 0 Å². The zero-order valence-electron chi connectivity index (χ0n) is 9.42. The van der Waals surface area contributed by atoms with Crippen molar-refractivity contribution >= 4 is 33.4 Å². The number of carbonyl (C=O) groups excluding carboxylic acids is 2. The van der Waals surface area contributed by atoms with Gasteiger partial charge in [0.2, 0.25) is 11.8 Å². The van der Waals surface area contributed by atoms with Crippen molar-refractivity contribution in [2.24, 2.45) is 0 Å². The Morgan fingerprint density at radius 2 is 1.74 bits per heavy atom. The smallest absolute Gasteiger partial charge is 0.352 e. The topological polar surface area (TPSA) is 49.4 Å². The maximum Gasteiger partial charge on any atom is 0.418 e. The highest BCUT2D eigenvalue weighted by atomic mass is 79.9. The second-order valence-electron chi connectivity index (χ2n) is 3.99. The Labute approximate surface area is 114 Å². The predicted molar refractivity (Wildman–Crippen MR) is 64.5 cm³/mol. The normalized spacial score (nSPS) is 16.5. The Balaban J connectivity index is 2.44. The lowest BCUT2D eigenvalue weighted by molar-refractivity contribution is -0.138. The molecular formula is C11H8BrF3N2O2. The molecule has 1 heterocycles. The molecule has 2 rings (SSSR count). The van der Waals surface area contributed by atoms with Crippen molar-refractivity contribution in [3.8, 4) is 0 Å². The van der Waals surface area contributed by atoms with Crippen LogP contribution in [0.15, 0.2) is 22.7 Å². The van der Waals surface area contributed by atoms with Gasteiger partial charge in [-0.25, -0.2) is 0 Å². The number of hydrogen-bond donors (Lipinski definition) is 1. The van der Waals surface area contributed by atoms with E-state index in [1.165, 1.54) is 12.1 Å². The molecule has 0 aromatic heterocycles. The average molecular weight is 337 g/mol. The SMILES string of the molecule is O=C1CN(c2ccc(Br)cc2C(F)(F)F)CC(=O)N1. The molecule has 1 aliphatic heterocycles. The fourth-order valence-corrected chi connectivity index (χ4v) is 2.18. The maximum absolute atomic E-state index is 12.9. The van der Waals surface area contributed by atoms with Crippen molar-refractivity contribution in [1.82, 2.24) is 5.32 Å².